The van der Waals surface area contributed by atoms with Crippen molar-refractivity contribution in [2.75, 3.05) is 45.9 Å². The summed E-state index contributed by atoms with van der Waals surface area (Å²) in [4.78, 5) is 21.7. The van der Waals surface area contributed by atoms with Gasteiger partial charge in [-0.15, -0.1) is 0 Å². The van der Waals surface area contributed by atoms with Crippen LogP contribution in [0.4, 0.5) is 0 Å². The van der Waals surface area contributed by atoms with Gasteiger partial charge in [0.1, 0.15) is 0 Å². The lowest BCUT2D eigenvalue weighted by atomic mass is 9.93. The van der Waals surface area contributed by atoms with Crippen LogP contribution in [0.15, 0.2) is 24.5 Å². The highest BCUT2D eigenvalue weighted by Crippen LogP contribution is 2.24. The van der Waals surface area contributed by atoms with Gasteiger partial charge in [-0.25, -0.2) is 0 Å². The molecule has 1 N–H and O–H groups in total. The second-order valence-corrected chi connectivity index (χ2v) is 7.69. The molecule has 1 atom stereocenters. The van der Waals surface area contributed by atoms with Gasteiger partial charge >= 0.3 is 0 Å². The van der Waals surface area contributed by atoms with Crippen molar-refractivity contribution >= 4 is 5.91 Å². The summed E-state index contributed by atoms with van der Waals surface area (Å²) < 4.78 is 5.31. The smallest absolute Gasteiger partial charge is 0.224 e. The maximum absolute atomic E-state index is 12.4. The molecule has 2 aliphatic rings. The Bertz CT molecular complexity index is 561. The molecule has 0 radical (unpaired) electrons. The monoisotopic (exact) mass is 374 g/mol. The van der Waals surface area contributed by atoms with Gasteiger partial charge in [0.25, 0.3) is 0 Å². The number of hydrogen-bond donors (Lipinski definition) is 1. The fraction of sp³-hybridized carbons (Fsp3) is 0.714. The number of carbonyl (C=O) groups is 1. The minimum atomic E-state index is 0.133. The molecule has 3 heterocycles. The molecular formula is C21H34N4O2. The molecule has 0 aromatic carbocycles. The van der Waals surface area contributed by atoms with Gasteiger partial charge in [0.05, 0.1) is 12.5 Å². The van der Waals surface area contributed by atoms with Crippen LogP contribution in [0.5, 0.6) is 0 Å². The van der Waals surface area contributed by atoms with Crippen molar-refractivity contribution in [3.63, 3.8) is 0 Å². The SMILES string of the molecule is CCOCCNC(=O)[C@@H]1CCCN(C2CCN(Cc3cccnc3)CC2)C1. The summed E-state index contributed by atoms with van der Waals surface area (Å²) in [5, 5.41) is 3.04. The van der Waals surface area contributed by atoms with E-state index in [1.54, 1.807) is 0 Å². The fourth-order valence-corrected chi connectivity index (χ4v) is 4.28. The van der Waals surface area contributed by atoms with E-state index in [4.69, 9.17) is 4.74 Å². The number of nitrogens with zero attached hydrogens (tertiary/aromatic N) is 3. The lowest BCUT2D eigenvalue weighted by Crippen LogP contribution is -2.50. The Kier molecular flexibility index (Phi) is 8.05. The quantitative estimate of drug-likeness (QED) is 0.705. The van der Waals surface area contributed by atoms with Gasteiger partial charge in [-0.3, -0.25) is 19.6 Å². The number of amides is 1. The van der Waals surface area contributed by atoms with Gasteiger partial charge in [-0.1, -0.05) is 6.07 Å². The average Bonchev–Trinajstić information content (AvgIpc) is 2.72. The summed E-state index contributed by atoms with van der Waals surface area (Å²) in [6, 6.07) is 4.78. The highest BCUT2D eigenvalue weighted by atomic mass is 16.5. The van der Waals surface area contributed by atoms with Crippen molar-refractivity contribution in [3.8, 4) is 0 Å². The first-order chi connectivity index (χ1) is 13.3. The molecule has 1 aromatic heterocycles. The van der Waals surface area contributed by atoms with E-state index >= 15 is 0 Å². The van der Waals surface area contributed by atoms with Crippen LogP contribution in [0.3, 0.4) is 0 Å². The number of carbonyl (C=O) groups excluding carboxylic acids is 1. The molecule has 0 aliphatic carbocycles. The number of rotatable bonds is 8. The van der Waals surface area contributed by atoms with Gasteiger partial charge in [0.15, 0.2) is 0 Å². The summed E-state index contributed by atoms with van der Waals surface area (Å²) >= 11 is 0. The van der Waals surface area contributed by atoms with Crippen LogP contribution in [0.1, 0.15) is 38.2 Å². The van der Waals surface area contributed by atoms with Gasteiger partial charge in [-0.2, -0.15) is 0 Å². The number of aromatic nitrogens is 1. The normalized spacial score (nSPS) is 22.6. The predicted octanol–water partition coefficient (Wildman–Crippen LogP) is 1.91. The molecule has 0 saturated carbocycles. The van der Waals surface area contributed by atoms with Crippen molar-refractivity contribution in [1.29, 1.82) is 0 Å². The molecule has 0 bridgehead atoms. The van der Waals surface area contributed by atoms with E-state index < -0.39 is 0 Å². The molecule has 0 spiro atoms. The largest absolute Gasteiger partial charge is 0.380 e. The zero-order chi connectivity index (χ0) is 18.9. The zero-order valence-electron chi connectivity index (χ0n) is 16.6. The summed E-state index contributed by atoms with van der Waals surface area (Å²) in [5.74, 6) is 0.335. The van der Waals surface area contributed by atoms with Crippen LogP contribution in [0, 0.1) is 5.92 Å². The van der Waals surface area contributed by atoms with E-state index in [1.165, 1.54) is 18.4 Å². The van der Waals surface area contributed by atoms with Crippen LogP contribution in [-0.4, -0.2) is 72.7 Å². The molecule has 6 heteroatoms. The minimum Gasteiger partial charge on any atom is -0.380 e. The van der Waals surface area contributed by atoms with E-state index in [1.807, 2.05) is 25.4 Å². The molecule has 1 aromatic rings. The summed E-state index contributed by atoms with van der Waals surface area (Å²) in [5.41, 5.74) is 1.29. The molecule has 27 heavy (non-hydrogen) atoms. The Morgan fingerprint density at radius 3 is 2.89 bits per heavy atom. The Balaban J connectivity index is 1.40. The molecule has 3 rings (SSSR count). The molecular weight excluding hydrogens is 340 g/mol. The lowest BCUT2D eigenvalue weighted by molar-refractivity contribution is -0.127. The third-order valence-corrected chi connectivity index (χ3v) is 5.78. The number of piperidine rings is 2. The number of likely N-dealkylation sites (tertiary alicyclic amines) is 2. The van der Waals surface area contributed by atoms with E-state index in [0.29, 0.717) is 25.8 Å². The molecule has 2 fully saturated rings. The second kappa shape index (κ2) is 10.7. The molecule has 1 amide bonds. The van der Waals surface area contributed by atoms with Gasteiger partial charge in [0, 0.05) is 44.7 Å². The maximum Gasteiger partial charge on any atom is 0.224 e. The fourth-order valence-electron chi connectivity index (χ4n) is 4.28. The third kappa shape index (κ3) is 6.26. The second-order valence-electron chi connectivity index (χ2n) is 7.69. The Morgan fingerprint density at radius 2 is 2.15 bits per heavy atom. The molecule has 2 aliphatic heterocycles. The molecule has 6 nitrogen and oxygen atoms in total. The summed E-state index contributed by atoms with van der Waals surface area (Å²) in [6.07, 6.45) is 8.31. The molecule has 0 unspecified atom stereocenters. The van der Waals surface area contributed by atoms with E-state index in [2.05, 4.69) is 26.2 Å². The zero-order valence-corrected chi connectivity index (χ0v) is 16.6. The maximum atomic E-state index is 12.4. The third-order valence-electron chi connectivity index (χ3n) is 5.78. The Hall–Kier alpha value is -1.50. The van der Waals surface area contributed by atoms with Crippen molar-refractivity contribution < 1.29 is 9.53 Å². The van der Waals surface area contributed by atoms with Crippen molar-refractivity contribution in [2.45, 2.75) is 45.2 Å². The number of ether oxygens (including phenoxy) is 1. The highest BCUT2D eigenvalue weighted by Gasteiger charge is 2.31. The number of hydrogen-bond acceptors (Lipinski definition) is 5. The van der Waals surface area contributed by atoms with Gasteiger partial charge in [0.2, 0.25) is 5.91 Å². The van der Waals surface area contributed by atoms with Gasteiger partial charge in [-0.05, 0) is 63.9 Å². The first-order valence-electron chi connectivity index (χ1n) is 10.5. The van der Waals surface area contributed by atoms with Crippen LogP contribution < -0.4 is 5.32 Å². The highest BCUT2D eigenvalue weighted by molar-refractivity contribution is 5.78. The van der Waals surface area contributed by atoms with Gasteiger partial charge < -0.3 is 10.1 Å². The van der Waals surface area contributed by atoms with Crippen molar-refractivity contribution in [2.24, 2.45) is 5.92 Å². The Labute approximate surface area is 163 Å². The van der Waals surface area contributed by atoms with E-state index in [-0.39, 0.29) is 11.8 Å². The molecule has 2 saturated heterocycles. The van der Waals surface area contributed by atoms with Crippen molar-refractivity contribution in [3.05, 3.63) is 30.1 Å². The van der Waals surface area contributed by atoms with Crippen molar-refractivity contribution in [1.82, 2.24) is 20.1 Å². The summed E-state index contributed by atoms with van der Waals surface area (Å²) in [7, 11) is 0. The van der Waals surface area contributed by atoms with E-state index in [9.17, 15) is 4.79 Å². The van der Waals surface area contributed by atoms with Crippen LogP contribution in [0.25, 0.3) is 0 Å². The van der Waals surface area contributed by atoms with Crippen LogP contribution >= 0.6 is 0 Å². The molecule has 150 valence electrons. The topological polar surface area (TPSA) is 57.7 Å². The first kappa shape index (κ1) is 20.2. The number of pyridine rings is 1. The van der Waals surface area contributed by atoms with Crippen LogP contribution in [0.2, 0.25) is 0 Å². The average molecular weight is 375 g/mol. The Morgan fingerprint density at radius 1 is 1.30 bits per heavy atom. The van der Waals surface area contributed by atoms with E-state index in [0.717, 1.165) is 45.6 Å². The first-order valence-corrected chi connectivity index (χ1v) is 10.5. The standard InChI is InChI=1S/C21H34N4O2/c1-2-27-14-10-23-21(26)19-6-4-11-25(17-19)20-7-12-24(13-8-20)16-18-5-3-9-22-15-18/h3,5,9,15,19-20H,2,4,6-8,10-14,16-17H2,1H3,(H,23,26)/t19-/m1/s1. The predicted molar refractivity (Wildman–Crippen MR) is 106 cm³/mol. The minimum absolute atomic E-state index is 0.133. The number of nitrogens with one attached hydrogen (secondary N) is 1. The lowest BCUT2D eigenvalue weighted by Gasteiger charge is -2.42. The van der Waals surface area contributed by atoms with Crippen LogP contribution in [-0.2, 0) is 16.1 Å². The summed E-state index contributed by atoms with van der Waals surface area (Å²) in [6.45, 7) is 9.19.